The van der Waals surface area contributed by atoms with Crippen molar-refractivity contribution in [3.05, 3.63) is 23.0 Å². The van der Waals surface area contributed by atoms with Crippen molar-refractivity contribution < 1.29 is 14.3 Å². The van der Waals surface area contributed by atoms with Crippen LogP contribution in [0, 0.1) is 6.92 Å². The van der Waals surface area contributed by atoms with Crippen LogP contribution in [0.1, 0.15) is 28.5 Å². The Bertz CT molecular complexity index is 487. The molecule has 1 aromatic heterocycles. The zero-order valence-electron chi connectivity index (χ0n) is 14.0. The van der Waals surface area contributed by atoms with E-state index in [2.05, 4.69) is 15.2 Å². The van der Waals surface area contributed by atoms with Gasteiger partial charge >= 0.3 is 5.97 Å². The number of nitrogens with one attached hydrogen (secondary N) is 2. The normalized spacial score (nSPS) is 15.7. The van der Waals surface area contributed by atoms with Gasteiger partial charge in [-0.15, -0.1) is 11.8 Å². The van der Waals surface area contributed by atoms with E-state index in [0.717, 1.165) is 62.3 Å². The Morgan fingerprint density at radius 1 is 1.48 bits per heavy atom. The molecule has 0 spiro atoms. The molecule has 6 nitrogen and oxygen atoms in total. The first-order valence-electron chi connectivity index (χ1n) is 8.15. The highest BCUT2D eigenvalue weighted by Crippen LogP contribution is 2.15. The molecular formula is C16H27N3O3S. The molecule has 130 valence electrons. The second-order valence-electron chi connectivity index (χ2n) is 5.50. The lowest BCUT2D eigenvalue weighted by Gasteiger charge is -2.26. The van der Waals surface area contributed by atoms with E-state index in [-0.39, 0.29) is 5.97 Å². The summed E-state index contributed by atoms with van der Waals surface area (Å²) in [5.74, 6) is 1.71. The summed E-state index contributed by atoms with van der Waals surface area (Å²) in [7, 11) is 0. The quantitative estimate of drug-likeness (QED) is 0.404. The number of H-pyrrole nitrogens is 1. The number of rotatable bonds is 9. The monoisotopic (exact) mass is 341 g/mol. The van der Waals surface area contributed by atoms with Gasteiger partial charge in [0.05, 0.1) is 25.4 Å². The van der Waals surface area contributed by atoms with Gasteiger partial charge in [-0.1, -0.05) is 0 Å². The van der Waals surface area contributed by atoms with Crippen LogP contribution in [0.2, 0.25) is 0 Å². The molecule has 1 fully saturated rings. The Hall–Kier alpha value is -1.02. The van der Waals surface area contributed by atoms with E-state index in [1.165, 1.54) is 0 Å². The third kappa shape index (κ3) is 5.84. The van der Waals surface area contributed by atoms with Gasteiger partial charge in [-0.2, -0.15) is 0 Å². The van der Waals surface area contributed by atoms with Crippen LogP contribution in [0.15, 0.2) is 6.20 Å². The largest absolute Gasteiger partial charge is 0.462 e. The van der Waals surface area contributed by atoms with Crippen molar-refractivity contribution in [3.63, 3.8) is 0 Å². The molecule has 1 aromatic rings. The summed E-state index contributed by atoms with van der Waals surface area (Å²) < 4.78 is 10.5. The molecule has 0 unspecified atom stereocenters. The SMILES string of the molecule is CCOC(=O)c1c(C)c[nH]c1CCNCSCN1CCOCC1. The maximum Gasteiger partial charge on any atom is 0.340 e. The van der Waals surface area contributed by atoms with Crippen LogP contribution in [0.5, 0.6) is 0 Å². The average molecular weight is 341 g/mol. The Kier molecular flexibility index (Phi) is 7.94. The molecule has 0 amide bonds. The van der Waals surface area contributed by atoms with Crippen molar-refractivity contribution in [2.45, 2.75) is 20.3 Å². The van der Waals surface area contributed by atoms with Crippen molar-refractivity contribution in [1.82, 2.24) is 15.2 Å². The zero-order chi connectivity index (χ0) is 16.5. The van der Waals surface area contributed by atoms with Crippen LogP contribution < -0.4 is 5.32 Å². The molecule has 23 heavy (non-hydrogen) atoms. The molecule has 2 N–H and O–H groups in total. The predicted molar refractivity (Wildman–Crippen MR) is 92.9 cm³/mol. The molecule has 2 rings (SSSR count). The topological polar surface area (TPSA) is 66.6 Å². The fraction of sp³-hybridized carbons (Fsp3) is 0.688. The van der Waals surface area contributed by atoms with Crippen LogP contribution in [0.3, 0.4) is 0 Å². The maximum absolute atomic E-state index is 12.0. The van der Waals surface area contributed by atoms with Gasteiger partial charge in [-0.05, 0) is 19.4 Å². The number of aryl methyl sites for hydroxylation is 1. The fourth-order valence-electron chi connectivity index (χ4n) is 2.53. The summed E-state index contributed by atoms with van der Waals surface area (Å²) in [4.78, 5) is 17.6. The van der Waals surface area contributed by atoms with Gasteiger partial charge in [0.2, 0.25) is 0 Å². The molecule has 1 aliphatic rings. The number of morpholine rings is 1. The minimum absolute atomic E-state index is 0.233. The van der Waals surface area contributed by atoms with Crippen LogP contribution >= 0.6 is 11.8 Å². The summed E-state index contributed by atoms with van der Waals surface area (Å²) in [6, 6.07) is 0. The number of aromatic nitrogens is 1. The first kappa shape index (κ1) is 18.3. The van der Waals surface area contributed by atoms with Crippen molar-refractivity contribution in [3.8, 4) is 0 Å². The Labute approximate surface area is 142 Å². The third-order valence-corrected chi connectivity index (χ3v) is 4.73. The molecule has 1 aliphatic heterocycles. The van der Waals surface area contributed by atoms with E-state index < -0.39 is 0 Å². The number of hydrogen-bond donors (Lipinski definition) is 2. The fourth-order valence-corrected chi connectivity index (χ4v) is 3.42. The molecule has 2 heterocycles. The van der Waals surface area contributed by atoms with Gasteiger partial charge in [-0.25, -0.2) is 4.79 Å². The minimum atomic E-state index is -0.233. The van der Waals surface area contributed by atoms with Gasteiger partial charge in [0, 0.05) is 49.7 Å². The maximum atomic E-state index is 12.0. The summed E-state index contributed by atoms with van der Waals surface area (Å²) in [6.07, 6.45) is 2.66. The van der Waals surface area contributed by atoms with Crippen LogP contribution in [0.4, 0.5) is 0 Å². The zero-order valence-corrected chi connectivity index (χ0v) is 14.8. The molecular weight excluding hydrogens is 314 g/mol. The average Bonchev–Trinajstić information content (AvgIpc) is 2.93. The molecule has 0 aromatic carbocycles. The molecule has 0 radical (unpaired) electrons. The van der Waals surface area contributed by atoms with E-state index in [1.54, 1.807) is 0 Å². The van der Waals surface area contributed by atoms with Gasteiger partial charge in [0.15, 0.2) is 0 Å². The number of aromatic amines is 1. The smallest absolute Gasteiger partial charge is 0.340 e. The summed E-state index contributed by atoms with van der Waals surface area (Å²) >= 11 is 1.88. The number of ether oxygens (including phenoxy) is 2. The predicted octanol–water partition coefficient (Wildman–Crippen LogP) is 1.61. The first-order chi connectivity index (χ1) is 11.2. The highest BCUT2D eigenvalue weighted by atomic mass is 32.2. The minimum Gasteiger partial charge on any atom is -0.462 e. The summed E-state index contributed by atoms with van der Waals surface area (Å²) in [5.41, 5.74) is 2.58. The highest BCUT2D eigenvalue weighted by Gasteiger charge is 2.17. The molecule has 0 bridgehead atoms. The van der Waals surface area contributed by atoms with Gasteiger partial charge in [-0.3, -0.25) is 4.90 Å². The molecule has 1 saturated heterocycles. The summed E-state index contributed by atoms with van der Waals surface area (Å²) in [5, 5.41) is 3.41. The van der Waals surface area contributed by atoms with Gasteiger partial charge in [0.1, 0.15) is 0 Å². The molecule has 0 atom stereocenters. The second kappa shape index (κ2) is 9.97. The number of hydrogen-bond acceptors (Lipinski definition) is 6. The Balaban J connectivity index is 1.65. The number of esters is 1. The van der Waals surface area contributed by atoms with Crippen LogP contribution in [-0.4, -0.2) is 67.1 Å². The number of nitrogens with zero attached hydrogens (tertiary/aromatic N) is 1. The second-order valence-corrected chi connectivity index (χ2v) is 6.46. The van der Waals surface area contributed by atoms with Crippen molar-refractivity contribution >= 4 is 17.7 Å². The van der Waals surface area contributed by atoms with Crippen LogP contribution in [-0.2, 0) is 15.9 Å². The Morgan fingerprint density at radius 2 is 2.26 bits per heavy atom. The highest BCUT2D eigenvalue weighted by molar-refractivity contribution is 7.99. The van der Waals surface area contributed by atoms with E-state index in [0.29, 0.717) is 12.2 Å². The molecule has 7 heteroatoms. The van der Waals surface area contributed by atoms with Crippen molar-refractivity contribution in [2.24, 2.45) is 0 Å². The van der Waals surface area contributed by atoms with E-state index in [1.807, 2.05) is 31.8 Å². The Morgan fingerprint density at radius 3 is 3.00 bits per heavy atom. The number of thioether (sulfide) groups is 1. The third-order valence-electron chi connectivity index (χ3n) is 3.77. The summed E-state index contributed by atoms with van der Waals surface area (Å²) in [6.45, 7) is 8.73. The van der Waals surface area contributed by atoms with Crippen LogP contribution in [0.25, 0.3) is 0 Å². The lowest BCUT2D eigenvalue weighted by atomic mass is 10.1. The van der Waals surface area contributed by atoms with E-state index >= 15 is 0 Å². The van der Waals surface area contributed by atoms with Gasteiger partial charge in [0.25, 0.3) is 0 Å². The number of carbonyl (C=O) groups excluding carboxylic acids is 1. The first-order valence-corrected chi connectivity index (χ1v) is 9.30. The van der Waals surface area contributed by atoms with Crippen molar-refractivity contribution in [1.29, 1.82) is 0 Å². The lowest BCUT2D eigenvalue weighted by Crippen LogP contribution is -2.36. The van der Waals surface area contributed by atoms with Crippen molar-refractivity contribution in [2.75, 3.05) is 51.2 Å². The molecule has 0 saturated carbocycles. The van der Waals surface area contributed by atoms with E-state index in [4.69, 9.17) is 9.47 Å². The van der Waals surface area contributed by atoms with E-state index in [9.17, 15) is 4.79 Å². The molecule has 0 aliphatic carbocycles. The van der Waals surface area contributed by atoms with Gasteiger partial charge < -0.3 is 19.8 Å². The lowest BCUT2D eigenvalue weighted by molar-refractivity contribution is 0.0473. The number of carbonyl (C=O) groups is 1. The standard InChI is InChI=1S/C16H27N3O3S/c1-3-22-16(20)15-13(2)10-18-14(15)4-5-17-11-23-12-19-6-8-21-9-7-19/h10,17-18H,3-9,11-12H2,1-2H3.